The standard InChI is InChI=1S/C13H15ClN4OS/c1-8(7-15-2)11(19)16-13-18-17-12(20-13)9-5-3-4-6-10(9)14/h3-6,8,15H,7H2,1-2H3,(H,16,18,19). The summed E-state index contributed by atoms with van der Waals surface area (Å²) in [6.45, 7) is 2.46. The third-order valence-electron chi connectivity index (χ3n) is 2.72. The molecule has 0 aliphatic rings. The van der Waals surface area contributed by atoms with Gasteiger partial charge < -0.3 is 10.6 Å². The average Bonchev–Trinajstić information content (AvgIpc) is 2.87. The molecule has 0 radical (unpaired) electrons. The molecule has 1 aromatic heterocycles. The van der Waals surface area contributed by atoms with E-state index in [1.54, 1.807) is 6.07 Å². The lowest BCUT2D eigenvalue weighted by Gasteiger charge is -2.08. The van der Waals surface area contributed by atoms with Gasteiger partial charge >= 0.3 is 0 Å². The SMILES string of the molecule is CNCC(C)C(=O)Nc1nnc(-c2ccccc2Cl)s1. The van der Waals surface area contributed by atoms with Crippen molar-refractivity contribution in [3.8, 4) is 10.6 Å². The molecule has 0 saturated heterocycles. The first kappa shape index (κ1) is 14.9. The first-order valence-corrected chi connectivity index (χ1v) is 7.35. The molecule has 0 aliphatic heterocycles. The molecule has 20 heavy (non-hydrogen) atoms. The smallest absolute Gasteiger partial charge is 0.230 e. The quantitative estimate of drug-likeness (QED) is 0.891. The summed E-state index contributed by atoms with van der Waals surface area (Å²) in [6.07, 6.45) is 0. The minimum atomic E-state index is -0.132. The van der Waals surface area contributed by atoms with Crippen LogP contribution in [-0.2, 0) is 4.79 Å². The monoisotopic (exact) mass is 310 g/mol. The van der Waals surface area contributed by atoms with Crippen LogP contribution in [-0.4, -0.2) is 29.7 Å². The summed E-state index contributed by atoms with van der Waals surface area (Å²) >= 11 is 7.41. The van der Waals surface area contributed by atoms with Gasteiger partial charge in [-0.05, 0) is 13.1 Å². The lowest BCUT2D eigenvalue weighted by Crippen LogP contribution is -2.28. The van der Waals surface area contributed by atoms with E-state index < -0.39 is 0 Å². The van der Waals surface area contributed by atoms with Gasteiger partial charge in [0.05, 0.1) is 5.02 Å². The van der Waals surface area contributed by atoms with Gasteiger partial charge in [-0.2, -0.15) is 0 Å². The second kappa shape index (κ2) is 6.78. The van der Waals surface area contributed by atoms with Gasteiger partial charge in [0, 0.05) is 18.0 Å². The Bertz CT molecular complexity index is 602. The van der Waals surface area contributed by atoms with Crippen LogP contribution in [0.15, 0.2) is 24.3 Å². The third kappa shape index (κ3) is 3.53. The molecule has 2 rings (SSSR count). The van der Waals surface area contributed by atoms with Crippen molar-refractivity contribution in [1.82, 2.24) is 15.5 Å². The topological polar surface area (TPSA) is 66.9 Å². The van der Waals surface area contributed by atoms with Gasteiger partial charge in [-0.3, -0.25) is 4.79 Å². The van der Waals surface area contributed by atoms with Gasteiger partial charge in [0.25, 0.3) is 0 Å². The highest BCUT2D eigenvalue weighted by atomic mass is 35.5. The average molecular weight is 311 g/mol. The molecule has 2 N–H and O–H groups in total. The van der Waals surface area contributed by atoms with Crippen LogP contribution in [0.2, 0.25) is 5.02 Å². The van der Waals surface area contributed by atoms with Crippen LogP contribution in [0.1, 0.15) is 6.92 Å². The van der Waals surface area contributed by atoms with Gasteiger partial charge in [-0.15, -0.1) is 10.2 Å². The van der Waals surface area contributed by atoms with Crippen molar-refractivity contribution in [2.45, 2.75) is 6.92 Å². The zero-order valence-electron chi connectivity index (χ0n) is 11.2. The Morgan fingerprint density at radius 3 is 2.85 bits per heavy atom. The van der Waals surface area contributed by atoms with Crippen LogP contribution in [0, 0.1) is 5.92 Å². The summed E-state index contributed by atoms with van der Waals surface area (Å²) in [5.74, 6) is -0.214. The van der Waals surface area contributed by atoms with Gasteiger partial charge in [0.2, 0.25) is 11.0 Å². The lowest BCUT2D eigenvalue weighted by molar-refractivity contribution is -0.119. The van der Waals surface area contributed by atoms with Gasteiger partial charge in [-0.1, -0.05) is 48.1 Å². The number of anilines is 1. The molecule has 1 unspecified atom stereocenters. The number of aromatic nitrogens is 2. The molecule has 1 aromatic carbocycles. The largest absolute Gasteiger partial charge is 0.319 e. The highest BCUT2D eigenvalue weighted by molar-refractivity contribution is 7.18. The molecule has 1 atom stereocenters. The van der Waals surface area contributed by atoms with E-state index in [2.05, 4.69) is 20.8 Å². The molecular weight excluding hydrogens is 296 g/mol. The van der Waals surface area contributed by atoms with E-state index in [4.69, 9.17) is 11.6 Å². The lowest BCUT2D eigenvalue weighted by atomic mass is 10.2. The maximum Gasteiger partial charge on any atom is 0.230 e. The molecule has 7 heteroatoms. The fourth-order valence-electron chi connectivity index (χ4n) is 1.64. The molecule has 1 heterocycles. The Kier molecular flexibility index (Phi) is 5.05. The van der Waals surface area contributed by atoms with E-state index in [0.29, 0.717) is 21.7 Å². The summed E-state index contributed by atoms with van der Waals surface area (Å²) in [5.41, 5.74) is 0.815. The summed E-state index contributed by atoms with van der Waals surface area (Å²) in [5, 5.41) is 15.5. The highest BCUT2D eigenvalue weighted by Gasteiger charge is 2.15. The van der Waals surface area contributed by atoms with Crippen molar-refractivity contribution in [2.24, 2.45) is 5.92 Å². The molecule has 1 amide bonds. The van der Waals surface area contributed by atoms with E-state index in [9.17, 15) is 4.79 Å². The van der Waals surface area contributed by atoms with E-state index in [0.717, 1.165) is 5.56 Å². The number of hydrogen-bond donors (Lipinski definition) is 2. The molecule has 0 saturated carbocycles. The van der Waals surface area contributed by atoms with Crippen LogP contribution in [0.4, 0.5) is 5.13 Å². The first-order valence-electron chi connectivity index (χ1n) is 6.15. The fourth-order valence-corrected chi connectivity index (χ4v) is 2.71. The second-order valence-electron chi connectivity index (χ2n) is 4.34. The van der Waals surface area contributed by atoms with Crippen LogP contribution in [0.3, 0.4) is 0 Å². The Morgan fingerprint density at radius 1 is 1.40 bits per heavy atom. The third-order valence-corrected chi connectivity index (χ3v) is 3.92. The number of benzene rings is 1. The van der Waals surface area contributed by atoms with Crippen molar-refractivity contribution in [1.29, 1.82) is 0 Å². The van der Waals surface area contributed by atoms with Crippen molar-refractivity contribution < 1.29 is 4.79 Å². The minimum absolute atomic E-state index is 0.0822. The van der Waals surface area contributed by atoms with Crippen LogP contribution >= 0.6 is 22.9 Å². The number of halogens is 1. The molecule has 5 nitrogen and oxygen atoms in total. The maximum absolute atomic E-state index is 11.9. The summed E-state index contributed by atoms with van der Waals surface area (Å²) < 4.78 is 0. The Labute approximate surface area is 126 Å². The molecular formula is C13H15ClN4OS. The van der Waals surface area contributed by atoms with E-state index in [1.807, 2.05) is 32.2 Å². The van der Waals surface area contributed by atoms with Crippen molar-refractivity contribution in [3.05, 3.63) is 29.3 Å². The Hall–Kier alpha value is -1.50. The normalized spacial score (nSPS) is 12.2. The van der Waals surface area contributed by atoms with E-state index >= 15 is 0 Å². The predicted molar refractivity (Wildman–Crippen MR) is 82.1 cm³/mol. The van der Waals surface area contributed by atoms with Crippen molar-refractivity contribution in [3.63, 3.8) is 0 Å². The fraction of sp³-hybridized carbons (Fsp3) is 0.308. The summed E-state index contributed by atoms with van der Waals surface area (Å²) in [4.78, 5) is 11.9. The second-order valence-corrected chi connectivity index (χ2v) is 5.72. The first-order chi connectivity index (χ1) is 9.61. The van der Waals surface area contributed by atoms with E-state index in [-0.39, 0.29) is 11.8 Å². The summed E-state index contributed by atoms with van der Waals surface area (Å²) in [6, 6.07) is 7.41. The number of rotatable bonds is 5. The van der Waals surface area contributed by atoms with Crippen molar-refractivity contribution >= 4 is 34.0 Å². The van der Waals surface area contributed by atoms with Crippen molar-refractivity contribution in [2.75, 3.05) is 18.9 Å². The zero-order chi connectivity index (χ0) is 14.5. The molecule has 0 bridgehead atoms. The van der Waals surface area contributed by atoms with Crippen LogP contribution < -0.4 is 10.6 Å². The predicted octanol–water partition coefficient (Wildman–Crippen LogP) is 2.65. The molecule has 0 fully saturated rings. The maximum atomic E-state index is 11.9. The molecule has 2 aromatic rings. The summed E-state index contributed by atoms with van der Waals surface area (Å²) in [7, 11) is 1.81. The number of nitrogens with one attached hydrogen (secondary N) is 2. The highest BCUT2D eigenvalue weighted by Crippen LogP contribution is 2.31. The van der Waals surface area contributed by atoms with Gasteiger partial charge in [0.15, 0.2) is 5.01 Å². The molecule has 106 valence electrons. The number of hydrogen-bond acceptors (Lipinski definition) is 5. The van der Waals surface area contributed by atoms with Gasteiger partial charge in [0.1, 0.15) is 0 Å². The Morgan fingerprint density at radius 2 is 2.15 bits per heavy atom. The minimum Gasteiger partial charge on any atom is -0.319 e. The van der Waals surface area contributed by atoms with Crippen LogP contribution in [0.5, 0.6) is 0 Å². The van der Waals surface area contributed by atoms with Gasteiger partial charge in [-0.25, -0.2) is 0 Å². The molecule has 0 aliphatic carbocycles. The van der Waals surface area contributed by atoms with E-state index in [1.165, 1.54) is 11.3 Å². The van der Waals surface area contributed by atoms with Crippen LogP contribution in [0.25, 0.3) is 10.6 Å². The zero-order valence-corrected chi connectivity index (χ0v) is 12.8. The number of nitrogens with zero attached hydrogens (tertiary/aromatic N) is 2. The molecule has 0 spiro atoms. The number of amides is 1. The Balaban J connectivity index is 2.10. The number of carbonyl (C=O) groups is 1. The number of carbonyl (C=O) groups excluding carboxylic acids is 1.